The molecule has 0 fully saturated rings. The van der Waals surface area contributed by atoms with Crippen molar-refractivity contribution in [3.63, 3.8) is 0 Å². The van der Waals surface area contributed by atoms with Crippen LogP contribution in [0.15, 0.2) is 24.4 Å². The molecule has 0 aliphatic carbocycles. The second-order valence-corrected chi connectivity index (χ2v) is 4.11. The van der Waals surface area contributed by atoms with Crippen molar-refractivity contribution in [2.24, 2.45) is 7.05 Å². The Balaban J connectivity index is 2.58. The van der Waals surface area contributed by atoms with Crippen LogP contribution in [0.1, 0.15) is 16.8 Å². The molecule has 0 spiro atoms. The lowest BCUT2D eigenvalue weighted by atomic mass is 10.1. The van der Waals surface area contributed by atoms with Gasteiger partial charge in [0, 0.05) is 12.6 Å². The first-order valence-corrected chi connectivity index (χ1v) is 5.32. The van der Waals surface area contributed by atoms with E-state index in [2.05, 4.69) is 37.0 Å². The first kappa shape index (κ1) is 10.9. The average molecular weight is 216 g/mol. The number of benzene rings is 1. The first-order chi connectivity index (χ1) is 7.63. The van der Waals surface area contributed by atoms with Gasteiger partial charge in [0.15, 0.2) is 0 Å². The number of aromatic nitrogens is 2. The molecule has 1 N–H and O–H groups in total. The summed E-state index contributed by atoms with van der Waals surface area (Å²) in [7, 11) is 1.93. The van der Waals surface area contributed by atoms with E-state index >= 15 is 0 Å². The van der Waals surface area contributed by atoms with Crippen LogP contribution in [0.25, 0.3) is 11.4 Å². The van der Waals surface area contributed by atoms with Gasteiger partial charge < -0.3 is 9.67 Å². The van der Waals surface area contributed by atoms with E-state index in [9.17, 15) is 0 Å². The molecule has 0 amide bonds. The summed E-state index contributed by atoms with van der Waals surface area (Å²) >= 11 is 0. The fourth-order valence-electron chi connectivity index (χ4n) is 1.82. The van der Waals surface area contributed by atoms with Gasteiger partial charge in [0.05, 0.1) is 18.5 Å². The lowest BCUT2D eigenvalue weighted by Gasteiger charge is -2.08. The van der Waals surface area contributed by atoms with E-state index in [1.165, 1.54) is 11.1 Å². The second kappa shape index (κ2) is 4.10. The maximum absolute atomic E-state index is 9.14. The normalized spacial score (nSPS) is 10.8. The quantitative estimate of drug-likeness (QED) is 0.835. The Morgan fingerprint density at radius 1 is 1.31 bits per heavy atom. The Bertz CT molecular complexity index is 515. The van der Waals surface area contributed by atoms with Crippen molar-refractivity contribution in [1.29, 1.82) is 0 Å². The van der Waals surface area contributed by atoms with Crippen LogP contribution >= 0.6 is 0 Å². The van der Waals surface area contributed by atoms with Gasteiger partial charge in [0.1, 0.15) is 5.82 Å². The molecule has 1 heterocycles. The molecule has 0 aliphatic heterocycles. The summed E-state index contributed by atoms with van der Waals surface area (Å²) in [6.07, 6.45) is 1.72. The van der Waals surface area contributed by atoms with Gasteiger partial charge in [-0.2, -0.15) is 0 Å². The first-order valence-electron chi connectivity index (χ1n) is 5.32. The van der Waals surface area contributed by atoms with Gasteiger partial charge in [-0.25, -0.2) is 4.98 Å². The number of hydrogen-bond donors (Lipinski definition) is 1. The minimum absolute atomic E-state index is 0.0222. The van der Waals surface area contributed by atoms with Crippen molar-refractivity contribution in [3.05, 3.63) is 41.2 Å². The highest BCUT2D eigenvalue weighted by atomic mass is 16.3. The number of nitrogens with zero attached hydrogens (tertiary/aromatic N) is 2. The van der Waals surface area contributed by atoms with Gasteiger partial charge >= 0.3 is 0 Å². The van der Waals surface area contributed by atoms with Crippen LogP contribution in [0.2, 0.25) is 0 Å². The number of hydrogen-bond acceptors (Lipinski definition) is 2. The van der Waals surface area contributed by atoms with Gasteiger partial charge in [-0.05, 0) is 25.5 Å². The van der Waals surface area contributed by atoms with Crippen LogP contribution in [0.3, 0.4) is 0 Å². The third-order valence-electron chi connectivity index (χ3n) is 2.88. The van der Waals surface area contributed by atoms with Crippen LogP contribution in [0.4, 0.5) is 0 Å². The molecule has 16 heavy (non-hydrogen) atoms. The Kier molecular flexibility index (Phi) is 2.79. The smallest absolute Gasteiger partial charge is 0.140 e. The van der Waals surface area contributed by atoms with Crippen molar-refractivity contribution in [3.8, 4) is 11.4 Å². The van der Waals surface area contributed by atoms with Crippen LogP contribution in [-0.4, -0.2) is 14.7 Å². The van der Waals surface area contributed by atoms with Crippen molar-refractivity contribution in [2.45, 2.75) is 20.5 Å². The Morgan fingerprint density at radius 3 is 2.69 bits per heavy atom. The van der Waals surface area contributed by atoms with E-state index < -0.39 is 0 Å². The average Bonchev–Trinajstić information content (AvgIpc) is 2.63. The summed E-state index contributed by atoms with van der Waals surface area (Å²) in [6, 6.07) is 6.31. The van der Waals surface area contributed by atoms with E-state index in [0.29, 0.717) is 0 Å². The standard InChI is InChI=1S/C13H16N2O/c1-9-4-5-10(2)12(6-9)13-14-7-11(8-16)15(13)3/h4-7,16H,8H2,1-3H3. The van der Waals surface area contributed by atoms with Crippen molar-refractivity contribution < 1.29 is 5.11 Å². The number of aliphatic hydroxyl groups is 1. The summed E-state index contributed by atoms with van der Waals surface area (Å²) in [5.41, 5.74) is 4.37. The van der Waals surface area contributed by atoms with E-state index in [1.54, 1.807) is 6.20 Å². The van der Waals surface area contributed by atoms with Crippen LogP contribution in [0, 0.1) is 13.8 Å². The van der Waals surface area contributed by atoms with Gasteiger partial charge in [-0.15, -0.1) is 0 Å². The number of aliphatic hydroxyl groups excluding tert-OH is 1. The minimum atomic E-state index is 0.0222. The molecule has 1 aromatic heterocycles. The highest BCUT2D eigenvalue weighted by Crippen LogP contribution is 2.23. The molecule has 3 nitrogen and oxygen atoms in total. The highest BCUT2D eigenvalue weighted by molar-refractivity contribution is 5.61. The molecular weight excluding hydrogens is 200 g/mol. The summed E-state index contributed by atoms with van der Waals surface area (Å²) < 4.78 is 1.93. The molecule has 2 rings (SSSR count). The van der Waals surface area contributed by atoms with Gasteiger partial charge in [0.2, 0.25) is 0 Å². The van der Waals surface area contributed by atoms with Crippen LogP contribution in [-0.2, 0) is 13.7 Å². The predicted octanol–water partition coefficient (Wildman–Crippen LogP) is 2.20. The molecule has 1 aromatic carbocycles. The third kappa shape index (κ3) is 1.74. The zero-order valence-electron chi connectivity index (χ0n) is 9.86. The molecule has 0 aliphatic rings. The molecule has 84 valence electrons. The Labute approximate surface area is 95.4 Å². The van der Waals surface area contributed by atoms with Gasteiger partial charge in [-0.1, -0.05) is 17.7 Å². The van der Waals surface area contributed by atoms with Crippen LogP contribution in [0.5, 0.6) is 0 Å². The summed E-state index contributed by atoms with van der Waals surface area (Å²) in [6.45, 7) is 4.16. The Morgan fingerprint density at radius 2 is 2.06 bits per heavy atom. The lowest BCUT2D eigenvalue weighted by molar-refractivity contribution is 0.273. The second-order valence-electron chi connectivity index (χ2n) is 4.11. The van der Waals surface area contributed by atoms with Gasteiger partial charge in [0.25, 0.3) is 0 Å². The van der Waals surface area contributed by atoms with Gasteiger partial charge in [-0.3, -0.25) is 0 Å². The monoisotopic (exact) mass is 216 g/mol. The molecule has 0 radical (unpaired) electrons. The highest BCUT2D eigenvalue weighted by Gasteiger charge is 2.10. The maximum atomic E-state index is 9.14. The third-order valence-corrected chi connectivity index (χ3v) is 2.88. The molecular formula is C13H16N2O. The van der Waals surface area contributed by atoms with E-state index in [1.807, 2.05) is 11.6 Å². The SMILES string of the molecule is Cc1ccc(C)c(-c2ncc(CO)n2C)c1. The topological polar surface area (TPSA) is 38.1 Å². The lowest BCUT2D eigenvalue weighted by Crippen LogP contribution is -1.99. The van der Waals surface area contributed by atoms with Crippen molar-refractivity contribution in [2.75, 3.05) is 0 Å². The van der Waals surface area contributed by atoms with E-state index in [4.69, 9.17) is 5.11 Å². The Hall–Kier alpha value is -1.61. The zero-order valence-corrected chi connectivity index (χ0v) is 9.86. The number of aryl methyl sites for hydroxylation is 2. The maximum Gasteiger partial charge on any atom is 0.140 e. The van der Waals surface area contributed by atoms with Crippen molar-refractivity contribution in [1.82, 2.24) is 9.55 Å². The predicted molar refractivity (Wildman–Crippen MR) is 64.0 cm³/mol. The summed E-state index contributed by atoms with van der Waals surface area (Å²) in [5, 5.41) is 9.14. The van der Waals surface area contributed by atoms with E-state index in [0.717, 1.165) is 17.1 Å². The van der Waals surface area contributed by atoms with Crippen LogP contribution < -0.4 is 0 Å². The number of imidazole rings is 1. The zero-order chi connectivity index (χ0) is 11.7. The molecule has 3 heteroatoms. The molecule has 0 atom stereocenters. The van der Waals surface area contributed by atoms with E-state index in [-0.39, 0.29) is 6.61 Å². The molecule has 0 unspecified atom stereocenters. The largest absolute Gasteiger partial charge is 0.390 e. The molecule has 0 saturated heterocycles. The molecule has 2 aromatic rings. The molecule has 0 saturated carbocycles. The minimum Gasteiger partial charge on any atom is -0.390 e. The fraction of sp³-hybridized carbons (Fsp3) is 0.308. The van der Waals surface area contributed by atoms with Crippen molar-refractivity contribution >= 4 is 0 Å². The fourth-order valence-corrected chi connectivity index (χ4v) is 1.82. The summed E-state index contributed by atoms with van der Waals surface area (Å²) in [4.78, 5) is 4.36. The molecule has 0 bridgehead atoms. The summed E-state index contributed by atoms with van der Waals surface area (Å²) in [5.74, 6) is 0.908. The number of rotatable bonds is 2.